The minimum absolute atomic E-state index is 0.240. The number of piperidine rings is 1. The number of nitriles is 1. The number of carbonyl (C=O) groups is 1. The highest BCUT2D eigenvalue weighted by Crippen LogP contribution is 2.38. The highest BCUT2D eigenvalue weighted by Gasteiger charge is 2.40. The van der Waals surface area contributed by atoms with Crippen molar-refractivity contribution in [3.63, 3.8) is 0 Å². The zero-order valence-electron chi connectivity index (χ0n) is 15.7. The predicted octanol–water partition coefficient (Wildman–Crippen LogP) is 2.16. The molecule has 144 valence electrons. The van der Waals surface area contributed by atoms with Gasteiger partial charge in [-0.1, -0.05) is 13.0 Å². The number of nitrogens with zero attached hydrogens (tertiary/aromatic N) is 4. The molecular weight excluding hydrogens is 356 g/mol. The Morgan fingerprint density at radius 2 is 2.21 bits per heavy atom. The summed E-state index contributed by atoms with van der Waals surface area (Å²) in [6, 6.07) is 5.85. The van der Waals surface area contributed by atoms with Gasteiger partial charge in [-0.15, -0.1) is 0 Å². The van der Waals surface area contributed by atoms with E-state index in [0.29, 0.717) is 23.1 Å². The van der Waals surface area contributed by atoms with Gasteiger partial charge in [0.25, 0.3) is 5.56 Å². The summed E-state index contributed by atoms with van der Waals surface area (Å²) in [5.74, 6) is -1.43. The first kappa shape index (κ1) is 18.2. The summed E-state index contributed by atoms with van der Waals surface area (Å²) in [6.45, 7) is 2.94. The first-order chi connectivity index (χ1) is 13.6. The minimum Gasteiger partial charge on any atom is -0.339 e. The van der Waals surface area contributed by atoms with E-state index in [0.717, 1.165) is 32.2 Å². The van der Waals surface area contributed by atoms with Crippen molar-refractivity contribution < 1.29 is 4.79 Å². The van der Waals surface area contributed by atoms with Gasteiger partial charge in [-0.3, -0.25) is 19.6 Å². The molecule has 2 aromatic heterocycles. The lowest BCUT2D eigenvalue weighted by Gasteiger charge is -2.36. The summed E-state index contributed by atoms with van der Waals surface area (Å²) in [7, 11) is 0. The highest BCUT2D eigenvalue weighted by atomic mass is 16.2. The van der Waals surface area contributed by atoms with E-state index in [9.17, 15) is 14.9 Å². The number of rotatable bonds is 3. The van der Waals surface area contributed by atoms with Gasteiger partial charge in [-0.2, -0.15) is 10.2 Å². The molecule has 2 N–H and O–H groups in total. The summed E-state index contributed by atoms with van der Waals surface area (Å²) >= 11 is 0. The standard InChI is InChI=1S/C20H22N6O2/c1-2-13-7-3-4-9-26(13)20-24-17-16(19(28)25-20)15(12-6-5-8-22-11-12)14(10-21)18(27)23-17/h5-6,8,11,13-15H,2-4,7,9H2,1H3,(H2,23,24,25,27,28). The molecule has 4 heterocycles. The van der Waals surface area contributed by atoms with Gasteiger partial charge in [0, 0.05) is 30.9 Å². The van der Waals surface area contributed by atoms with Gasteiger partial charge in [0.1, 0.15) is 11.7 Å². The third kappa shape index (κ3) is 3.03. The van der Waals surface area contributed by atoms with Gasteiger partial charge in [0.2, 0.25) is 11.9 Å². The van der Waals surface area contributed by atoms with Gasteiger partial charge < -0.3 is 10.2 Å². The molecule has 0 spiro atoms. The first-order valence-corrected chi connectivity index (χ1v) is 9.65. The molecule has 0 aromatic carbocycles. The molecule has 8 nitrogen and oxygen atoms in total. The Kier molecular flexibility index (Phi) is 4.82. The lowest BCUT2D eigenvalue weighted by atomic mass is 9.80. The fourth-order valence-electron chi connectivity index (χ4n) is 4.26. The van der Waals surface area contributed by atoms with Gasteiger partial charge in [-0.05, 0) is 37.3 Å². The molecule has 2 aliphatic rings. The topological polar surface area (TPSA) is 115 Å². The van der Waals surface area contributed by atoms with E-state index in [4.69, 9.17) is 0 Å². The van der Waals surface area contributed by atoms with Gasteiger partial charge in [-0.25, -0.2) is 0 Å². The molecule has 0 bridgehead atoms. The van der Waals surface area contributed by atoms with Crippen LogP contribution in [-0.4, -0.2) is 33.4 Å². The maximum atomic E-state index is 13.1. The molecule has 28 heavy (non-hydrogen) atoms. The molecule has 0 aliphatic carbocycles. The number of hydrogen-bond acceptors (Lipinski definition) is 6. The van der Waals surface area contributed by atoms with Gasteiger partial charge >= 0.3 is 0 Å². The average Bonchev–Trinajstić information content (AvgIpc) is 2.73. The number of pyridine rings is 1. The van der Waals surface area contributed by atoms with Crippen LogP contribution in [0.15, 0.2) is 29.3 Å². The van der Waals surface area contributed by atoms with Crippen LogP contribution in [0.1, 0.15) is 49.7 Å². The molecule has 1 saturated heterocycles. The van der Waals surface area contributed by atoms with Gasteiger partial charge in [0.15, 0.2) is 0 Å². The molecule has 0 radical (unpaired) electrons. The second-order valence-corrected chi connectivity index (χ2v) is 7.26. The SMILES string of the molecule is CCC1CCCCN1c1nc2c(c(=O)[nH]1)C(c1cccnc1)C(C#N)C(=O)N2. The number of carbonyl (C=O) groups excluding carboxylic acids is 1. The van der Waals surface area contributed by atoms with Crippen LogP contribution in [0.5, 0.6) is 0 Å². The number of amides is 1. The van der Waals surface area contributed by atoms with Crippen LogP contribution < -0.4 is 15.8 Å². The summed E-state index contributed by atoms with van der Waals surface area (Å²) in [5.41, 5.74) is 0.636. The maximum Gasteiger partial charge on any atom is 0.258 e. The minimum atomic E-state index is -1.01. The molecule has 4 rings (SSSR count). The van der Waals surface area contributed by atoms with Crippen molar-refractivity contribution in [2.75, 3.05) is 16.8 Å². The number of anilines is 2. The lowest BCUT2D eigenvalue weighted by Crippen LogP contribution is -2.43. The normalized spacial score (nSPS) is 24.2. The zero-order valence-corrected chi connectivity index (χ0v) is 15.7. The Labute approximate surface area is 162 Å². The average molecular weight is 378 g/mol. The fourth-order valence-corrected chi connectivity index (χ4v) is 4.26. The van der Waals surface area contributed by atoms with Crippen molar-refractivity contribution in [2.45, 2.75) is 44.6 Å². The Balaban J connectivity index is 1.83. The van der Waals surface area contributed by atoms with Crippen molar-refractivity contribution in [3.8, 4) is 6.07 Å². The van der Waals surface area contributed by atoms with Crippen LogP contribution in [0.4, 0.5) is 11.8 Å². The molecule has 1 amide bonds. The van der Waals surface area contributed by atoms with Crippen molar-refractivity contribution in [1.29, 1.82) is 5.26 Å². The number of aromatic amines is 1. The second-order valence-electron chi connectivity index (χ2n) is 7.26. The van der Waals surface area contributed by atoms with E-state index in [1.165, 1.54) is 0 Å². The summed E-state index contributed by atoms with van der Waals surface area (Å²) in [5, 5.41) is 12.2. The quantitative estimate of drug-likeness (QED) is 0.846. The second kappa shape index (κ2) is 7.43. The molecule has 3 atom stereocenters. The zero-order chi connectivity index (χ0) is 19.7. The van der Waals surface area contributed by atoms with E-state index in [1.807, 2.05) is 6.07 Å². The number of aromatic nitrogens is 3. The van der Waals surface area contributed by atoms with E-state index < -0.39 is 17.7 Å². The van der Waals surface area contributed by atoms with Gasteiger partial charge in [0.05, 0.1) is 11.6 Å². The predicted molar refractivity (Wildman–Crippen MR) is 104 cm³/mol. The van der Waals surface area contributed by atoms with Crippen molar-refractivity contribution >= 4 is 17.7 Å². The van der Waals surface area contributed by atoms with Crippen LogP contribution in [0.3, 0.4) is 0 Å². The number of H-pyrrole nitrogens is 1. The van der Waals surface area contributed by atoms with Crippen LogP contribution in [-0.2, 0) is 4.79 Å². The van der Waals surface area contributed by atoms with Crippen molar-refractivity contribution in [1.82, 2.24) is 15.0 Å². The maximum absolute atomic E-state index is 13.1. The molecule has 1 fully saturated rings. The van der Waals surface area contributed by atoms with Crippen LogP contribution in [0, 0.1) is 17.2 Å². The fraction of sp³-hybridized carbons (Fsp3) is 0.450. The molecule has 8 heteroatoms. The summed E-state index contributed by atoms with van der Waals surface area (Å²) in [6.07, 6.45) is 7.41. The number of hydrogen-bond donors (Lipinski definition) is 2. The van der Waals surface area contributed by atoms with Crippen LogP contribution in [0.2, 0.25) is 0 Å². The summed E-state index contributed by atoms with van der Waals surface area (Å²) < 4.78 is 0. The van der Waals surface area contributed by atoms with Crippen LogP contribution >= 0.6 is 0 Å². The van der Waals surface area contributed by atoms with E-state index in [-0.39, 0.29) is 11.4 Å². The Morgan fingerprint density at radius 3 is 2.93 bits per heavy atom. The Bertz CT molecular complexity index is 980. The largest absolute Gasteiger partial charge is 0.339 e. The van der Waals surface area contributed by atoms with Crippen LogP contribution in [0.25, 0.3) is 0 Å². The lowest BCUT2D eigenvalue weighted by molar-refractivity contribution is -0.119. The molecule has 2 aliphatic heterocycles. The van der Waals surface area contributed by atoms with Crippen molar-refractivity contribution in [3.05, 3.63) is 46.0 Å². The third-order valence-corrected chi connectivity index (χ3v) is 5.66. The smallest absolute Gasteiger partial charge is 0.258 e. The highest BCUT2D eigenvalue weighted by molar-refractivity contribution is 5.97. The molecule has 3 unspecified atom stereocenters. The molecule has 0 saturated carbocycles. The molecule has 2 aromatic rings. The van der Waals surface area contributed by atoms with Crippen molar-refractivity contribution in [2.24, 2.45) is 5.92 Å². The van der Waals surface area contributed by atoms with E-state index in [1.54, 1.807) is 24.5 Å². The monoisotopic (exact) mass is 378 g/mol. The number of fused-ring (bicyclic) bond motifs is 1. The third-order valence-electron chi connectivity index (χ3n) is 5.66. The van der Waals surface area contributed by atoms with E-state index in [2.05, 4.69) is 32.1 Å². The Morgan fingerprint density at radius 1 is 1.36 bits per heavy atom. The first-order valence-electron chi connectivity index (χ1n) is 9.65. The van der Waals surface area contributed by atoms with E-state index >= 15 is 0 Å². The Hall–Kier alpha value is -3.21. The molecular formula is C20H22N6O2. The summed E-state index contributed by atoms with van der Waals surface area (Å²) in [4.78, 5) is 39.4. The number of nitrogens with one attached hydrogen (secondary N) is 2.